The molecule has 2 N–H and O–H groups in total. The highest BCUT2D eigenvalue weighted by molar-refractivity contribution is 5.94. The molecule has 0 radical (unpaired) electrons. The van der Waals surface area contributed by atoms with Crippen molar-refractivity contribution < 1.29 is 13.9 Å². The second kappa shape index (κ2) is 7.64. The lowest BCUT2D eigenvalue weighted by atomic mass is 9.86. The van der Waals surface area contributed by atoms with Gasteiger partial charge < -0.3 is 15.4 Å². The lowest BCUT2D eigenvalue weighted by Crippen LogP contribution is -2.50. The number of benzene rings is 1. The van der Waals surface area contributed by atoms with Crippen LogP contribution in [0.25, 0.3) is 0 Å². The maximum absolute atomic E-state index is 13.8. The third-order valence-corrected chi connectivity index (χ3v) is 5.79. The van der Waals surface area contributed by atoms with Gasteiger partial charge in [0.2, 0.25) is 0 Å². The lowest BCUT2D eigenvalue weighted by molar-refractivity contribution is -0.100. The van der Waals surface area contributed by atoms with E-state index in [0.29, 0.717) is 17.3 Å². The van der Waals surface area contributed by atoms with Crippen LogP contribution in [0.4, 0.5) is 4.39 Å². The van der Waals surface area contributed by atoms with E-state index in [1.807, 2.05) is 11.7 Å². The van der Waals surface area contributed by atoms with Gasteiger partial charge in [0.25, 0.3) is 5.91 Å². The minimum absolute atomic E-state index is 0.150. The van der Waals surface area contributed by atoms with Gasteiger partial charge >= 0.3 is 0 Å². The SMILES string of the molecule is Cn1nc(C(=O)NCc2ccccc2F)c2c1CC[C@@H](NCC1(C)COC1)C2. The summed E-state index contributed by atoms with van der Waals surface area (Å²) in [4.78, 5) is 12.7. The first-order valence-electron chi connectivity index (χ1n) is 9.83. The second-order valence-corrected chi connectivity index (χ2v) is 8.30. The number of hydrogen-bond acceptors (Lipinski definition) is 4. The fourth-order valence-electron chi connectivity index (χ4n) is 3.99. The minimum atomic E-state index is -0.316. The van der Waals surface area contributed by atoms with E-state index in [2.05, 4.69) is 22.7 Å². The van der Waals surface area contributed by atoms with Crippen LogP contribution in [0.2, 0.25) is 0 Å². The molecule has 2 aliphatic rings. The summed E-state index contributed by atoms with van der Waals surface area (Å²) in [7, 11) is 1.88. The molecular formula is C21H27FN4O2. The molecule has 2 heterocycles. The number of carbonyl (C=O) groups excluding carboxylic acids is 1. The van der Waals surface area contributed by atoms with E-state index >= 15 is 0 Å². The number of rotatable bonds is 6. The van der Waals surface area contributed by atoms with E-state index in [4.69, 9.17) is 4.74 Å². The van der Waals surface area contributed by atoms with E-state index < -0.39 is 0 Å². The molecule has 6 nitrogen and oxygen atoms in total. The Hall–Kier alpha value is -2.25. The third kappa shape index (κ3) is 3.82. The first-order chi connectivity index (χ1) is 13.5. The van der Waals surface area contributed by atoms with E-state index in [1.165, 1.54) is 6.07 Å². The van der Waals surface area contributed by atoms with Crippen LogP contribution in [0.5, 0.6) is 0 Å². The molecular weight excluding hydrogens is 359 g/mol. The molecule has 1 saturated heterocycles. The number of aromatic nitrogens is 2. The van der Waals surface area contributed by atoms with Gasteiger partial charge in [-0.25, -0.2) is 4.39 Å². The quantitative estimate of drug-likeness (QED) is 0.797. The normalized spacial score (nSPS) is 20.3. The number of halogens is 1. The van der Waals surface area contributed by atoms with Gasteiger partial charge in [-0.15, -0.1) is 0 Å². The van der Waals surface area contributed by atoms with Crippen LogP contribution in [0.3, 0.4) is 0 Å². The Kier molecular flexibility index (Phi) is 5.21. The number of aryl methyl sites for hydroxylation is 1. The predicted octanol–water partition coefficient (Wildman–Crippen LogP) is 1.97. The van der Waals surface area contributed by atoms with Crippen LogP contribution in [0.1, 0.15) is 40.7 Å². The van der Waals surface area contributed by atoms with Crippen LogP contribution >= 0.6 is 0 Å². The van der Waals surface area contributed by atoms with Crippen molar-refractivity contribution in [1.82, 2.24) is 20.4 Å². The van der Waals surface area contributed by atoms with Crippen molar-refractivity contribution in [1.29, 1.82) is 0 Å². The van der Waals surface area contributed by atoms with Crippen molar-refractivity contribution in [3.63, 3.8) is 0 Å². The Labute approximate surface area is 164 Å². The minimum Gasteiger partial charge on any atom is -0.380 e. The highest BCUT2D eigenvalue weighted by Crippen LogP contribution is 2.28. The Balaban J connectivity index is 1.43. The van der Waals surface area contributed by atoms with Crippen molar-refractivity contribution in [2.75, 3.05) is 19.8 Å². The molecule has 1 amide bonds. The zero-order valence-corrected chi connectivity index (χ0v) is 16.4. The number of nitrogens with zero attached hydrogens (tertiary/aromatic N) is 2. The van der Waals surface area contributed by atoms with Gasteiger partial charge in [0.15, 0.2) is 5.69 Å². The van der Waals surface area contributed by atoms with Gasteiger partial charge in [0.05, 0.1) is 13.2 Å². The maximum Gasteiger partial charge on any atom is 0.272 e. The standard InChI is InChI=1S/C21H27FN4O2/c1-21(12-28-13-21)11-24-15-7-8-18-16(9-15)19(25-26(18)2)20(27)23-10-14-5-3-4-6-17(14)22/h3-6,15,24H,7-13H2,1-2H3,(H,23,27)/t15-/m1/s1. The predicted molar refractivity (Wildman–Crippen MR) is 104 cm³/mol. The molecule has 150 valence electrons. The summed E-state index contributed by atoms with van der Waals surface area (Å²) in [5.74, 6) is -0.566. The number of carbonyl (C=O) groups is 1. The summed E-state index contributed by atoms with van der Waals surface area (Å²) in [6, 6.07) is 6.80. The summed E-state index contributed by atoms with van der Waals surface area (Å²) < 4.78 is 20.9. The van der Waals surface area contributed by atoms with Crippen LogP contribution in [0, 0.1) is 11.2 Å². The molecule has 1 aromatic carbocycles. The maximum atomic E-state index is 13.8. The second-order valence-electron chi connectivity index (χ2n) is 8.30. The third-order valence-electron chi connectivity index (χ3n) is 5.79. The lowest BCUT2D eigenvalue weighted by Gasteiger charge is -2.39. The number of nitrogens with one attached hydrogen (secondary N) is 2. The van der Waals surface area contributed by atoms with Crippen molar-refractivity contribution >= 4 is 5.91 Å². The van der Waals surface area contributed by atoms with E-state index in [-0.39, 0.29) is 23.7 Å². The summed E-state index contributed by atoms with van der Waals surface area (Å²) in [6.07, 6.45) is 2.70. The van der Waals surface area contributed by atoms with E-state index in [1.54, 1.807) is 18.2 Å². The van der Waals surface area contributed by atoms with Gasteiger partial charge in [-0.2, -0.15) is 5.10 Å². The summed E-state index contributed by atoms with van der Waals surface area (Å²) >= 11 is 0. The fourth-order valence-corrected chi connectivity index (χ4v) is 3.99. The van der Waals surface area contributed by atoms with Gasteiger partial charge in [-0.05, 0) is 25.3 Å². The van der Waals surface area contributed by atoms with Gasteiger partial charge in [-0.3, -0.25) is 9.48 Å². The molecule has 1 fully saturated rings. The molecule has 0 saturated carbocycles. The van der Waals surface area contributed by atoms with Crippen molar-refractivity contribution in [3.05, 3.63) is 52.6 Å². The Morgan fingerprint density at radius 1 is 1.39 bits per heavy atom. The molecule has 4 rings (SSSR count). The summed E-state index contributed by atoms with van der Waals surface area (Å²) in [5.41, 5.74) is 3.27. The van der Waals surface area contributed by atoms with E-state index in [0.717, 1.165) is 50.3 Å². The first-order valence-corrected chi connectivity index (χ1v) is 9.83. The Morgan fingerprint density at radius 3 is 2.89 bits per heavy atom. The molecule has 1 aliphatic heterocycles. The van der Waals surface area contributed by atoms with Crippen molar-refractivity contribution in [2.24, 2.45) is 12.5 Å². The summed E-state index contributed by atoms with van der Waals surface area (Å²) in [6.45, 7) is 4.89. The molecule has 1 aliphatic carbocycles. The summed E-state index contributed by atoms with van der Waals surface area (Å²) in [5, 5.41) is 10.9. The van der Waals surface area contributed by atoms with Crippen LogP contribution < -0.4 is 10.6 Å². The molecule has 7 heteroatoms. The van der Waals surface area contributed by atoms with Crippen molar-refractivity contribution in [2.45, 2.75) is 38.8 Å². The number of amides is 1. The largest absolute Gasteiger partial charge is 0.380 e. The average molecular weight is 386 g/mol. The number of hydrogen-bond donors (Lipinski definition) is 2. The fraction of sp³-hybridized carbons (Fsp3) is 0.524. The first kappa shape index (κ1) is 19.1. The van der Waals surface area contributed by atoms with Crippen LogP contribution in [0.15, 0.2) is 24.3 Å². The molecule has 1 aromatic heterocycles. The van der Waals surface area contributed by atoms with Crippen LogP contribution in [-0.2, 0) is 31.2 Å². The molecule has 0 spiro atoms. The molecule has 1 atom stereocenters. The number of fused-ring (bicyclic) bond motifs is 1. The number of ether oxygens (including phenoxy) is 1. The van der Waals surface area contributed by atoms with E-state index in [9.17, 15) is 9.18 Å². The smallest absolute Gasteiger partial charge is 0.272 e. The monoisotopic (exact) mass is 386 g/mol. The molecule has 28 heavy (non-hydrogen) atoms. The average Bonchev–Trinajstić information content (AvgIpc) is 3.00. The molecule has 0 unspecified atom stereocenters. The highest BCUT2D eigenvalue weighted by atomic mass is 19.1. The van der Waals surface area contributed by atoms with Crippen molar-refractivity contribution in [3.8, 4) is 0 Å². The topological polar surface area (TPSA) is 68.2 Å². The Morgan fingerprint density at radius 2 is 2.18 bits per heavy atom. The van der Waals surface area contributed by atoms with Gasteiger partial charge in [-0.1, -0.05) is 25.1 Å². The van der Waals surface area contributed by atoms with Crippen LogP contribution in [-0.4, -0.2) is 41.5 Å². The van der Waals surface area contributed by atoms with Gasteiger partial charge in [0, 0.05) is 48.4 Å². The highest BCUT2D eigenvalue weighted by Gasteiger charge is 2.35. The Bertz CT molecular complexity index is 875. The van der Waals surface area contributed by atoms with Gasteiger partial charge in [0.1, 0.15) is 5.82 Å². The molecule has 2 aromatic rings. The zero-order valence-electron chi connectivity index (χ0n) is 16.4. The molecule has 0 bridgehead atoms. The zero-order chi connectivity index (χ0) is 19.7.